The van der Waals surface area contributed by atoms with Crippen molar-refractivity contribution in [3.8, 4) is 0 Å². The van der Waals surface area contributed by atoms with Gasteiger partial charge in [-0.05, 0) is 31.6 Å². The monoisotopic (exact) mass is 225 g/mol. The minimum atomic E-state index is 0.229. The molecule has 0 saturated heterocycles. The predicted octanol–water partition coefficient (Wildman–Crippen LogP) is 3.25. The summed E-state index contributed by atoms with van der Waals surface area (Å²) in [4.78, 5) is 14.4. The van der Waals surface area contributed by atoms with Crippen LogP contribution in [0.2, 0.25) is 0 Å². The number of nitrogens with zero attached hydrogens (tertiary/aromatic N) is 1. The lowest BCUT2D eigenvalue weighted by Gasteiger charge is -2.36. The zero-order chi connectivity index (χ0) is 12.1. The van der Waals surface area contributed by atoms with Gasteiger partial charge in [0.1, 0.15) is 5.78 Å². The minimum absolute atomic E-state index is 0.229. The molecule has 0 aromatic rings. The van der Waals surface area contributed by atoms with Crippen molar-refractivity contribution in [3.63, 3.8) is 0 Å². The van der Waals surface area contributed by atoms with Crippen molar-refractivity contribution in [1.82, 2.24) is 4.90 Å². The maximum Gasteiger partial charge on any atom is 0.149 e. The normalized spacial score (nSPS) is 21.7. The molecule has 1 fully saturated rings. The van der Waals surface area contributed by atoms with Gasteiger partial charge in [0, 0.05) is 19.0 Å². The second-order valence-electron chi connectivity index (χ2n) is 5.44. The van der Waals surface area contributed by atoms with Crippen LogP contribution in [0.5, 0.6) is 0 Å². The molecule has 0 N–H and O–H groups in total. The summed E-state index contributed by atoms with van der Waals surface area (Å²) in [6, 6.07) is 0.821. The van der Waals surface area contributed by atoms with E-state index in [9.17, 15) is 4.79 Å². The molecule has 1 aliphatic rings. The summed E-state index contributed by atoms with van der Waals surface area (Å²) in [5, 5.41) is 0. The fourth-order valence-corrected chi connectivity index (χ4v) is 2.86. The lowest BCUT2D eigenvalue weighted by Crippen LogP contribution is -2.46. The average molecular weight is 225 g/mol. The Bertz CT molecular complexity index is 221. The molecular formula is C14H27NO. The first-order valence-corrected chi connectivity index (χ1v) is 6.88. The quantitative estimate of drug-likeness (QED) is 0.691. The summed E-state index contributed by atoms with van der Waals surface area (Å²) in [6.07, 6.45) is 5.31. The molecule has 0 spiro atoms. The Hall–Kier alpha value is -0.370. The third-order valence-corrected chi connectivity index (χ3v) is 3.66. The van der Waals surface area contributed by atoms with E-state index in [1.807, 2.05) is 0 Å². The van der Waals surface area contributed by atoms with Crippen molar-refractivity contribution in [1.29, 1.82) is 0 Å². The molecular weight excluding hydrogens is 198 g/mol. The van der Waals surface area contributed by atoms with Gasteiger partial charge in [-0.25, -0.2) is 0 Å². The largest absolute Gasteiger partial charge is 0.298 e. The molecule has 2 heteroatoms. The Morgan fingerprint density at radius 1 is 1.31 bits per heavy atom. The Morgan fingerprint density at radius 2 is 1.94 bits per heavy atom. The van der Waals surface area contributed by atoms with E-state index >= 15 is 0 Å². The lowest BCUT2D eigenvalue weighted by molar-refractivity contribution is -0.123. The Labute approximate surface area is 100 Å². The molecule has 2 nitrogen and oxygen atoms in total. The van der Waals surface area contributed by atoms with Crippen LogP contribution >= 0.6 is 0 Å². The number of carbonyl (C=O) groups excluding carboxylic acids is 1. The van der Waals surface area contributed by atoms with E-state index in [0.717, 1.165) is 38.6 Å². The van der Waals surface area contributed by atoms with Crippen LogP contribution in [-0.2, 0) is 4.79 Å². The molecule has 1 rings (SSSR count). The first kappa shape index (κ1) is 13.7. The Morgan fingerprint density at radius 3 is 2.31 bits per heavy atom. The van der Waals surface area contributed by atoms with Crippen molar-refractivity contribution in [2.24, 2.45) is 5.92 Å². The maximum atomic E-state index is 11.9. The summed E-state index contributed by atoms with van der Waals surface area (Å²) in [5.74, 6) is 1.13. The first-order chi connectivity index (χ1) is 7.60. The molecule has 0 radical (unpaired) electrons. The van der Waals surface area contributed by atoms with Crippen LogP contribution in [-0.4, -0.2) is 29.3 Å². The van der Waals surface area contributed by atoms with Gasteiger partial charge in [-0.3, -0.25) is 9.69 Å². The van der Waals surface area contributed by atoms with Gasteiger partial charge in [0.15, 0.2) is 0 Å². The molecule has 1 saturated carbocycles. The second-order valence-corrected chi connectivity index (χ2v) is 5.44. The lowest BCUT2D eigenvalue weighted by atomic mass is 10.0. The van der Waals surface area contributed by atoms with Gasteiger partial charge >= 0.3 is 0 Å². The van der Waals surface area contributed by atoms with Gasteiger partial charge in [0.25, 0.3) is 0 Å². The topological polar surface area (TPSA) is 20.3 Å². The average Bonchev–Trinajstić information content (AvgIpc) is 2.64. The van der Waals surface area contributed by atoms with E-state index in [-0.39, 0.29) is 6.04 Å². The van der Waals surface area contributed by atoms with Crippen molar-refractivity contribution in [3.05, 3.63) is 0 Å². The molecule has 0 amide bonds. The maximum absolute atomic E-state index is 11.9. The molecule has 0 heterocycles. The van der Waals surface area contributed by atoms with Crippen LogP contribution in [0.1, 0.15) is 59.8 Å². The van der Waals surface area contributed by atoms with Crippen LogP contribution < -0.4 is 0 Å². The van der Waals surface area contributed by atoms with Crippen molar-refractivity contribution >= 4 is 5.78 Å². The minimum Gasteiger partial charge on any atom is -0.298 e. The SMILES string of the molecule is CCC(CC)N(CC(C)C)C1CCCC1=O. The number of hydrogen-bond donors (Lipinski definition) is 0. The zero-order valence-corrected chi connectivity index (χ0v) is 11.3. The highest BCUT2D eigenvalue weighted by atomic mass is 16.1. The van der Waals surface area contributed by atoms with Gasteiger partial charge in [-0.15, -0.1) is 0 Å². The van der Waals surface area contributed by atoms with E-state index in [4.69, 9.17) is 0 Å². The summed E-state index contributed by atoms with van der Waals surface area (Å²) in [5.41, 5.74) is 0. The van der Waals surface area contributed by atoms with E-state index in [1.54, 1.807) is 0 Å². The summed E-state index contributed by atoms with van der Waals surface area (Å²) in [7, 11) is 0. The van der Waals surface area contributed by atoms with Crippen LogP contribution in [0.4, 0.5) is 0 Å². The number of hydrogen-bond acceptors (Lipinski definition) is 2. The highest BCUT2D eigenvalue weighted by molar-refractivity contribution is 5.85. The summed E-state index contributed by atoms with van der Waals surface area (Å²) in [6.45, 7) is 10.0. The van der Waals surface area contributed by atoms with Gasteiger partial charge in [-0.2, -0.15) is 0 Å². The molecule has 1 aliphatic carbocycles. The summed E-state index contributed by atoms with van der Waals surface area (Å²) < 4.78 is 0. The first-order valence-electron chi connectivity index (χ1n) is 6.88. The molecule has 16 heavy (non-hydrogen) atoms. The Balaban J connectivity index is 2.72. The van der Waals surface area contributed by atoms with Crippen LogP contribution in [0.25, 0.3) is 0 Å². The molecule has 0 aromatic carbocycles. The Kier molecular flexibility index (Phi) is 5.47. The molecule has 1 atom stereocenters. The fraction of sp³-hybridized carbons (Fsp3) is 0.929. The van der Waals surface area contributed by atoms with Crippen LogP contribution in [0.3, 0.4) is 0 Å². The second kappa shape index (κ2) is 6.39. The van der Waals surface area contributed by atoms with E-state index in [0.29, 0.717) is 17.7 Å². The highest BCUT2D eigenvalue weighted by Crippen LogP contribution is 2.25. The van der Waals surface area contributed by atoms with Gasteiger partial charge in [0.2, 0.25) is 0 Å². The van der Waals surface area contributed by atoms with Gasteiger partial charge in [0.05, 0.1) is 6.04 Å². The fourth-order valence-electron chi connectivity index (χ4n) is 2.86. The van der Waals surface area contributed by atoms with Gasteiger partial charge < -0.3 is 0 Å². The van der Waals surface area contributed by atoms with Crippen molar-refractivity contribution in [2.75, 3.05) is 6.54 Å². The third-order valence-electron chi connectivity index (χ3n) is 3.66. The van der Waals surface area contributed by atoms with Crippen LogP contribution in [0.15, 0.2) is 0 Å². The summed E-state index contributed by atoms with van der Waals surface area (Å²) >= 11 is 0. The third kappa shape index (κ3) is 3.31. The smallest absolute Gasteiger partial charge is 0.149 e. The molecule has 0 aromatic heterocycles. The van der Waals surface area contributed by atoms with Crippen molar-refractivity contribution < 1.29 is 4.79 Å². The number of Topliss-reactive ketones (excluding diaryl/α,β-unsaturated/α-hetero) is 1. The van der Waals surface area contributed by atoms with Crippen LogP contribution in [0, 0.1) is 5.92 Å². The number of rotatable bonds is 6. The predicted molar refractivity (Wildman–Crippen MR) is 68.6 cm³/mol. The number of carbonyl (C=O) groups is 1. The van der Waals surface area contributed by atoms with E-state index in [2.05, 4.69) is 32.6 Å². The molecule has 94 valence electrons. The standard InChI is InChI=1S/C14H27NO/c1-5-12(6-2)15(10-11(3)4)13-8-7-9-14(13)16/h11-13H,5-10H2,1-4H3. The van der Waals surface area contributed by atoms with E-state index < -0.39 is 0 Å². The van der Waals surface area contributed by atoms with Gasteiger partial charge in [-0.1, -0.05) is 27.7 Å². The van der Waals surface area contributed by atoms with E-state index in [1.165, 1.54) is 0 Å². The molecule has 0 bridgehead atoms. The number of ketones is 1. The van der Waals surface area contributed by atoms with Crippen molar-refractivity contribution in [2.45, 2.75) is 71.9 Å². The zero-order valence-electron chi connectivity index (χ0n) is 11.3. The molecule has 0 aliphatic heterocycles. The highest BCUT2D eigenvalue weighted by Gasteiger charge is 2.33. The molecule has 1 unspecified atom stereocenters.